The summed E-state index contributed by atoms with van der Waals surface area (Å²) < 4.78 is 5.17. The van der Waals surface area contributed by atoms with Gasteiger partial charge in [-0.3, -0.25) is 4.90 Å². The molecular formula is C22H36N4O3. The number of nitrogens with zero attached hydrogens (tertiary/aromatic N) is 4. The van der Waals surface area contributed by atoms with Crippen molar-refractivity contribution in [3.8, 4) is 0 Å². The number of urea groups is 1. The number of hydrogen-bond acceptors (Lipinski definition) is 4. The van der Waals surface area contributed by atoms with Crippen molar-refractivity contribution in [2.75, 3.05) is 53.4 Å². The fraction of sp³-hybridized carbons (Fsp3) is 0.818. The Balaban J connectivity index is 1.28. The van der Waals surface area contributed by atoms with E-state index in [9.17, 15) is 9.59 Å². The van der Waals surface area contributed by atoms with Gasteiger partial charge in [0.25, 0.3) is 0 Å². The largest absolute Gasteiger partial charge is 0.450 e. The summed E-state index contributed by atoms with van der Waals surface area (Å²) in [6.07, 6.45) is 9.02. The minimum Gasteiger partial charge on any atom is -0.450 e. The fourth-order valence-corrected chi connectivity index (χ4v) is 5.81. The lowest BCUT2D eigenvalue weighted by molar-refractivity contribution is 0.00974. The number of likely N-dealkylation sites (tertiary alicyclic amines) is 2. The van der Waals surface area contributed by atoms with Crippen molar-refractivity contribution < 1.29 is 14.3 Å². The maximum atomic E-state index is 12.5. The summed E-state index contributed by atoms with van der Waals surface area (Å²) in [4.78, 5) is 32.7. The van der Waals surface area contributed by atoms with Gasteiger partial charge in [0.15, 0.2) is 0 Å². The van der Waals surface area contributed by atoms with Crippen LogP contribution < -0.4 is 0 Å². The van der Waals surface area contributed by atoms with Crippen molar-refractivity contribution >= 4 is 12.1 Å². The van der Waals surface area contributed by atoms with Gasteiger partial charge in [0.1, 0.15) is 0 Å². The third-order valence-corrected chi connectivity index (χ3v) is 7.40. The standard InChI is InChI=1S/C22H36N4O3/c1-4-29-21(28)25-13-9-22(16-25)14-18(15-22)24-11-7-17(8-12-24)19-6-5-10-26(19)20(27)23(2)3/h7,18-19H,4-6,8-16H2,1-3H3/t18?,19-,22?/m0/s1. The number of amides is 3. The number of carbonyl (C=O) groups is 2. The van der Waals surface area contributed by atoms with Crippen LogP contribution in [0.15, 0.2) is 11.6 Å². The van der Waals surface area contributed by atoms with Gasteiger partial charge in [-0.15, -0.1) is 0 Å². The molecule has 3 fully saturated rings. The molecule has 162 valence electrons. The van der Waals surface area contributed by atoms with Gasteiger partial charge in [0.05, 0.1) is 12.6 Å². The molecule has 0 aromatic rings. The first kappa shape index (κ1) is 20.5. The summed E-state index contributed by atoms with van der Waals surface area (Å²) in [5.74, 6) is 0. The van der Waals surface area contributed by atoms with Crippen LogP contribution in [-0.4, -0.2) is 97.2 Å². The summed E-state index contributed by atoms with van der Waals surface area (Å²) in [6, 6.07) is 1.08. The molecule has 0 N–H and O–H groups in total. The average molecular weight is 405 g/mol. The predicted octanol–water partition coefficient (Wildman–Crippen LogP) is 2.78. The normalized spacial score (nSPS) is 32.3. The van der Waals surface area contributed by atoms with Gasteiger partial charge in [0, 0.05) is 52.9 Å². The molecule has 2 saturated heterocycles. The summed E-state index contributed by atoms with van der Waals surface area (Å²) in [6.45, 7) is 6.99. The van der Waals surface area contributed by atoms with E-state index in [-0.39, 0.29) is 12.1 Å². The zero-order valence-electron chi connectivity index (χ0n) is 18.2. The maximum absolute atomic E-state index is 12.5. The van der Waals surface area contributed by atoms with E-state index < -0.39 is 0 Å². The molecule has 4 aliphatic rings. The summed E-state index contributed by atoms with van der Waals surface area (Å²) >= 11 is 0. The van der Waals surface area contributed by atoms with Crippen molar-refractivity contribution in [1.29, 1.82) is 0 Å². The quantitative estimate of drug-likeness (QED) is 0.679. The van der Waals surface area contributed by atoms with Crippen molar-refractivity contribution in [2.45, 2.75) is 57.5 Å². The summed E-state index contributed by atoms with van der Waals surface area (Å²) in [7, 11) is 3.68. The predicted molar refractivity (Wildman–Crippen MR) is 112 cm³/mol. The van der Waals surface area contributed by atoms with Gasteiger partial charge >= 0.3 is 12.1 Å². The second kappa shape index (κ2) is 8.17. The van der Waals surface area contributed by atoms with Crippen LogP contribution in [0.3, 0.4) is 0 Å². The Morgan fingerprint density at radius 2 is 2.03 bits per heavy atom. The van der Waals surface area contributed by atoms with Crippen LogP contribution >= 0.6 is 0 Å². The van der Waals surface area contributed by atoms with Crippen LogP contribution in [0.2, 0.25) is 0 Å². The van der Waals surface area contributed by atoms with Crippen LogP contribution in [0.4, 0.5) is 9.59 Å². The lowest BCUT2D eigenvalue weighted by atomic mass is 9.64. The molecule has 0 radical (unpaired) electrons. The van der Waals surface area contributed by atoms with E-state index >= 15 is 0 Å². The van der Waals surface area contributed by atoms with Crippen LogP contribution in [0.5, 0.6) is 0 Å². The molecule has 29 heavy (non-hydrogen) atoms. The molecule has 3 heterocycles. The van der Waals surface area contributed by atoms with E-state index in [1.54, 1.807) is 4.90 Å². The Labute approximate surface area is 174 Å². The molecule has 3 aliphatic heterocycles. The number of ether oxygens (including phenoxy) is 1. The number of carbonyl (C=O) groups excluding carboxylic acids is 2. The van der Waals surface area contributed by atoms with Crippen molar-refractivity contribution in [3.63, 3.8) is 0 Å². The van der Waals surface area contributed by atoms with Gasteiger partial charge in [-0.2, -0.15) is 0 Å². The maximum Gasteiger partial charge on any atom is 0.409 e. The molecule has 0 aromatic carbocycles. The SMILES string of the molecule is CCOC(=O)N1CCC2(CC(N3CC=C([C@@H]4CCCN4C(=O)N(C)C)CC3)C2)C1. The molecule has 0 unspecified atom stereocenters. The van der Waals surface area contributed by atoms with Crippen molar-refractivity contribution in [1.82, 2.24) is 19.6 Å². The molecule has 1 atom stereocenters. The Morgan fingerprint density at radius 1 is 1.24 bits per heavy atom. The summed E-state index contributed by atoms with van der Waals surface area (Å²) in [5, 5.41) is 0. The fourth-order valence-electron chi connectivity index (χ4n) is 5.81. The van der Waals surface area contributed by atoms with Crippen molar-refractivity contribution in [3.05, 3.63) is 11.6 Å². The molecule has 3 amide bonds. The second-order valence-corrected chi connectivity index (χ2v) is 9.48. The highest BCUT2D eigenvalue weighted by Crippen LogP contribution is 2.50. The second-order valence-electron chi connectivity index (χ2n) is 9.48. The first-order valence-corrected chi connectivity index (χ1v) is 11.2. The molecule has 7 nitrogen and oxygen atoms in total. The first-order chi connectivity index (χ1) is 13.9. The van der Waals surface area contributed by atoms with Crippen molar-refractivity contribution in [2.24, 2.45) is 5.41 Å². The molecular weight excluding hydrogens is 368 g/mol. The van der Waals surface area contributed by atoms with Gasteiger partial charge in [-0.25, -0.2) is 9.59 Å². The third-order valence-electron chi connectivity index (χ3n) is 7.40. The Hall–Kier alpha value is -1.76. The highest BCUT2D eigenvalue weighted by atomic mass is 16.6. The Kier molecular flexibility index (Phi) is 5.78. The Morgan fingerprint density at radius 3 is 2.69 bits per heavy atom. The van der Waals surface area contributed by atoms with Crippen LogP contribution in [0.1, 0.15) is 45.4 Å². The Bertz CT molecular complexity index is 671. The number of rotatable bonds is 3. The lowest BCUT2D eigenvalue weighted by Crippen LogP contribution is -2.53. The zero-order valence-corrected chi connectivity index (χ0v) is 18.2. The first-order valence-electron chi connectivity index (χ1n) is 11.2. The van der Waals surface area contributed by atoms with Gasteiger partial charge in [0.2, 0.25) is 0 Å². The topological polar surface area (TPSA) is 56.3 Å². The number of hydrogen-bond donors (Lipinski definition) is 0. The van der Waals surface area contributed by atoms with E-state index in [4.69, 9.17) is 4.74 Å². The minimum absolute atomic E-state index is 0.143. The molecule has 1 spiro atoms. The van der Waals surface area contributed by atoms with E-state index in [1.807, 2.05) is 25.9 Å². The smallest absolute Gasteiger partial charge is 0.409 e. The van der Waals surface area contributed by atoms with Gasteiger partial charge < -0.3 is 19.4 Å². The third kappa shape index (κ3) is 3.98. The van der Waals surface area contributed by atoms with Gasteiger partial charge in [-0.05, 0) is 56.4 Å². The average Bonchev–Trinajstić information content (AvgIpc) is 3.34. The highest BCUT2D eigenvalue weighted by Gasteiger charge is 2.51. The van der Waals surface area contributed by atoms with E-state index in [1.165, 1.54) is 18.4 Å². The van der Waals surface area contributed by atoms with E-state index in [0.29, 0.717) is 24.1 Å². The highest BCUT2D eigenvalue weighted by molar-refractivity contribution is 5.75. The van der Waals surface area contributed by atoms with Crippen LogP contribution in [0.25, 0.3) is 0 Å². The summed E-state index contributed by atoms with van der Waals surface area (Å²) in [5.41, 5.74) is 1.78. The minimum atomic E-state index is -0.147. The molecule has 0 bridgehead atoms. The van der Waals surface area contributed by atoms with Gasteiger partial charge in [-0.1, -0.05) is 6.08 Å². The van der Waals surface area contributed by atoms with E-state index in [0.717, 1.165) is 58.4 Å². The monoisotopic (exact) mass is 404 g/mol. The molecule has 7 heteroatoms. The molecule has 1 aliphatic carbocycles. The molecule has 0 aromatic heterocycles. The molecule has 1 saturated carbocycles. The van der Waals surface area contributed by atoms with Crippen LogP contribution in [-0.2, 0) is 4.74 Å². The lowest BCUT2D eigenvalue weighted by Gasteiger charge is -2.51. The van der Waals surface area contributed by atoms with Crippen LogP contribution in [0, 0.1) is 5.41 Å². The van der Waals surface area contributed by atoms with E-state index in [2.05, 4.69) is 15.9 Å². The zero-order chi connectivity index (χ0) is 20.6. The molecule has 4 rings (SSSR count).